The van der Waals surface area contributed by atoms with Crippen molar-refractivity contribution in [3.63, 3.8) is 0 Å². The van der Waals surface area contributed by atoms with E-state index >= 15 is 0 Å². The molecule has 0 saturated carbocycles. The topological polar surface area (TPSA) is 64.5 Å². The molecule has 0 aromatic carbocycles. The van der Waals surface area contributed by atoms with Crippen molar-refractivity contribution in [3.05, 3.63) is 12.2 Å². The van der Waals surface area contributed by atoms with Gasteiger partial charge in [0.15, 0.2) is 0 Å². The van der Waals surface area contributed by atoms with Crippen LogP contribution < -0.4 is 6.15 Å². The zero-order chi connectivity index (χ0) is 7.94. The average Bonchev–Trinajstić information content (AvgIpc) is 2.07. The van der Waals surface area contributed by atoms with Crippen LogP contribution in [0.3, 0.4) is 0 Å². The van der Waals surface area contributed by atoms with E-state index in [1.165, 1.54) is 6.08 Å². The second kappa shape index (κ2) is 6.97. The molecule has 1 aliphatic heterocycles. The number of ether oxygens (including phenoxy) is 1. The number of nitrogens with zero attached hydrogens (tertiary/aromatic N) is 1. The molecule has 4 nitrogen and oxygen atoms in total. The van der Waals surface area contributed by atoms with Gasteiger partial charge in [-0.15, -0.1) is 0 Å². The molecule has 1 heterocycles. The Balaban J connectivity index is 0. The summed E-state index contributed by atoms with van der Waals surface area (Å²) in [6.07, 6.45) is 4.22. The molecule has 0 atom stereocenters. The third kappa shape index (κ3) is 4.23. The summed E-state index contributed by atoms with van der Waals surface area (Å²) in [7, 11) is 0. The molecule has 0 bridgehead atoms. The Hall–Kier alpha value is -0.710. The van der Waals surface area contributed by atoms with Crippen LogP contribution in [0.25, 0.3) is 0 Å². The molecule has 4 heteroatoms. The molecular formula is C8H18N2O2. The van der Waals surface area contributed by atoms with Crippen molar-refractivity contribution >= 4 is 6.29 Å². The Bertz CT molecular complexity index is 147. The number of allylic oxidation sites excluding steroid dienone is 1. The van der Waals surface area contributed by atoms with Gasteiger partial charge in [-0.25, -0.2) is 0 Å². The lowest BCUT2D eigenvalue weighted by molar-refractivity contribution is -0.104. The SMILES string of the molecule is N.O=C/C=C/CN1CCOCC1.[HH]. The first-order valence-electron chi connectivity index (χ1n) is 3.84. The second-order valence-electron chi connectivity index (χ2n) is 2.48. The number of carbonyl (C=O) groups excluding carboxylic acids is 1. The van der Waals surface area contributed by atoms with Crippen molar-refractivity contribution in [1.82, 2.24) is 11.1 Å². The maximum absolute atomic E-state index is 9.92. The second-order valence-corrected chi connectivity index (χ2v) is 2.48. The fourth-order valence-corrected chi connectivity index (χ4v) is 1.05. The number of hydrogen-bond acceptors (Lipinski definition) is 4. The van der Waals surface area contributed by atoms with Gasteiger partial charge in [0.05, 0.1) is 13.2 Å². The molecule has 0 aromatic rings. The van der Waals surface area contributed by atoms with E-state index in [0.29, 0.717) is 0 Å². The monoisotopic (exact) mass is 174 g/mol. The molecule has 1 rings (SSSR count). The van der Waals surface area contributed by atoms with Gasteiger partial charge in [0, 0.05) is 21.1 Å². The minimum atomic E-state index is 0. The van der Waals surface area contributed by atoms with Gasteiger partial charge in [0.1, 0.15) is 6.29 Å². The Morgan fingerprint density at radius 2 is 2.08 bits per heavy atom. The highest BCUT2D eigenvalue weighted by Crippen LogP contribution is 1.95. The molecule has 0 aliphatic carbocycles. The van der Waals surface area contributed by atoms with Crippen molar-refractivity contribution in [1.29, 1.82) is 0 Å². The van der Waals surface area contributed by atoms with Crippen LogP contribution in [0, 0.1) is 0 Å². The van der Waals surface area contributed by atoms with Crippen LogP contribution in [0.5, 0.6) is 0 Å². The summed E-state index contributed by atoms with van der Waals surface area (Å²) < 4.78 is 5.17. The van der Waals surface area contributed by atoms with Crippen LogP contribution in [0.15, 0.2) is 12.2 Å². The highest BCUT2D eigenvalue weighted by molar-refractivity contribution is 5.64. The molecule has 1 aliphatic rings. The minimum Gasteiger partial charge on any atom is -0.379 e. The highest BCUT2D eigenvalue weighted by Gasteiger charge is 2.06. The predicted molar refractivity (Wildman–Crippen MR) is 49.6 cm³/mol. The fraction of sp³-hybridized carbons (Fsp3) is 0.625. The summed E-state index contributed by atoms with van der Waals surface area (Å²) in [5.74, 6) is 0. The summed E-state index contributed by atoms with van der Waals surface area (Å²) in [6.45, 7) is 4.44. The molecule has 12 heavy (non-hydrogen) atoms. The van der Waals surface area contributed by atoms with Crippen molar-refractivity contribution in [2.75, 3.05) is 32.8 Å². The quantitative estimate of drug-likeness (QED) is 0.499. The van der Waals surface area contributed by atoms with Gasteiger partial charge >= 0.3 is 0 Å². The lowest BCUT2D eigenvalue weighted by atomic mass is 10.4. The van der Waals surface area contributed by atoms with E-state index < -0.39 is 0 Å². The van der Waals surface area contributed by atoms with Crippen LogP contribution in [-0.2, 0) is 9.53 Å². The van der Waals surface area contributed by atoms with Gasteiger partial charge in [-0.3, -0.25) is 9.69 Å². The first-order chi connectivity index (χ1) is 5.43. The van der Waals surface area contributed by atoms with Crippen LogP contribution in [0.1, 0.15) is 1.43 Å². The van der Waals surface area contributed by atoms with Crippen molar-refractivity contribution in [3.8, 4) is 0 Å². The summed E-state index contributed by atoms with van der Waals surface area (Å²) in [5, 5.41) is 0. The van der Waals surface area contributed by atoms with Gasteiger partial charge in [-0.2, -0.15) is 0 Å². The summed E-state index contributed by atoms with van der Waals surface area (Å²) in [5.41, 5.74) is 0. The number of rotatable bonds is 3. The Morgan fingerprint density at radius 3 is 2.67 bits per heavy atom. The highest BCUT2D eigenvalue weighted by atomic mass is 16.5. The molecule has 0 amide bonds. The van der Waals surface area contributed by atoms with Crippen LogP contribution in [0.4, 0.5) is 0 Å². The number of carbonyl (C=O) groups is 1. The van der Waals surface area contributed by atoms with E-state index in [9.17, 15) is 4.79 Å². The van der Waals surface area contributed by atoms with Gasteiger partial charge in [-0.05, 0) is 6.08 Å². The smallest absolute Gasteiger partial charge is 0.142 e. The van der Waals surface area contributed by atoms with Crippen LogP contribution >= 0.6 is 0 Å². The molecule has 0 radical (unpaired) electrons. The Kier molecular flexibility index (Phi) is 6.55. The normalized spacial score (nSPS) is 19.0. The van der Waals surface area contributed by atoms with Crippen molar-refractivity contribution in [2.24, 2.45) is 0 Å². The predicted octanol–water partition coefficient (Wildman–Crippen LogP) is 0.482. The Labute approximate surface area is 74.3 Å². The summed E-state index contributed by atoms with van der Waals surface area (Å²) in [6, 6.07) is 0. The first-order valence-corrected chi connectivity index (χ1v) is 3.84. The number of hydrogen-bond donors (Lipinski definition) is 1. The van der Waals surface area contributed by atoms with Crippen LogP contribution in [0.2, 0.25) is 0 Å². The van der Waals surface area contributed by atoms with Crippen molar-refractivity contribution in [2.45, 2.75) is 0 Å². The molecule has 3 N–H and O–H groups in total. The van der Waals surface area contributed by atoms with E-state index in [1.807, 2.05) is 6.08 Å². The van der Waals surface area contributed by atoms with E-state index in [-0.39, 0.29) is 7.58 Å². The van der Waals surface area contributed by atoms with Gasteiger partial charge in [0.25, 0.3) is 0 Å². The van der Waals surface area contributed by atoms with E-state index in [4.69, 9.17) is 4.74 Å². The van der Waals surface area contributed by atoms with Gasteiger partial charge in [0.2, 0.25) is 0 Å². The molecular weight excluding hydrogens is 156 g/mol. The third-order valence-electron chi connectivity index (χ3n) is 1.68. The average molecular weight is 174 g/mol. The molecule has 1 saturated heterocycles. The van der Waals surface area contributed by atoms with Gasteiger partial charge < -0.3 is 10.9 Å². The standard InChI is InChI=1S/C8H13NO2.H3N.H2/c10-6-2-1-3-9-4-7-11-8-5-9;;/h1-2,6H,3-5,7-8H2;1H3;1H/b2-1+;;. The molecule has 0 unspecified atom stereocenters. The van der Waals surface area contributed by atoms with Crippen LogP contribution in [-0.4, -0.2) is 44.0 Å². The molecule has 1 fully saturated rings. The lowest BCUT2D eigenvalue weighted by Crippen LogP contribution is -2.36. The zero-order valence-corrected chi connectivity index (χ0v) is 7.24. The van der Waals surface area contributed by atoms with E-state index in [0.717, 1.165) is 39.1 Å². The van der Waals surface area contributed by atoms with Crippen molar-refractivity contribution < 1.29 is 11.0 Å². The maximum atomic E-state index is 9.92. The van der Waals surface area contributed by atoms with E-state index in [2.05, 4.69) is 4.90 Å². The Morgan fingerprint density at radius 1 is 1.42 bits per heavy atom. The summed E-state index contributed by atoms with van der Waals surface area (Å²) in [4.78, 5) is 12.2. The molecule has 0 aromatic heterocycles. The van der Waals surface area contributed by atoms with Gasteiger partial charge in [-0.1, -0.05) is 6.08 Å². The van der Waals surface area contributed by atoms with E-state index in [1.54, 1.807) is 0 Å². The maximum Gasteiger partial charge on any atom is 0.142 e. The molecule has 72 valence electrons. The summed E-state index contributed by atoms with van der Waals surface area (Å²) >= 11 is 0. The fourth-order valence-electron chi connectivity index (χ4n) is 1.05. The number of morpholine rings is 1. The first kappa shape index (κ1) is 11.3. The largest absolute Gasteiger partial charge is 0.379 e. The third-order valence-corrected chi connectivity index (χ3v) is 1.68. The molecule has 0 spiro atoms. The zero-order valence-electron chi connectivity index (χ0n) is 7.24. The number of aldehydes is 1. The lowest BCUT2D eigenvalue weighted by Gasteiger charge is -2.24. The minimum absolute atomic E-state index is 0.